The third-order valence-electron chi connectivity index (χ3n) is 1.39. The molecule has 1 N–H and O–H groups in total. The summed E-state index contributed by atoms with van der Waals surface area (Å²) in [7, 11) is 0. The molecular weight excluding hydrogens is 226 g/mol. The Kier molecular flexibility index (Phi) is 2.61. The molecule has 0 fully saturated rings. The van der Waals surface area contributed by atoms with Gasteiger partial charge in [0.15, 0.2) is 0 Å². The standard InChI is InChI=1S/C8H9ClOSe/c1-8(10,11)6-2-4-7(9)5-3-6/h2-5,10-11H,1H3. The SMILES string of the molecule is CC(O)([SeH])c1ccc(Cl)cc1. The fourth-order valence-corrected chi connectivity index (χ4v) is 1.20. The molecule has 1 nitrogen and oxygen atoms in total. The predicted molar refractivity (Wildman–Crippen MR) is 48.2 cm³/mol. The number of halogens is 1. The second-order valence-electron chi connectivity index (χ2n) is 2.53. The van der Waals surface area contributed by atoms with Crippen molar-refractivity contribution in [1.29, 1.82) is 0 Å². The zero-order valence-corrected chi connectivity index (χ0v) is 8.71. The zero-order chi connectivity index (χ0) is 8.48. The molecule has 0 aliphatic heterocycles. The van der Waals surface area contributed by atoms with E-state index in [0.717, 1.165) is 5.56 Å². The number of hydrogen-bond donors (Lipinski definition) is 1. The van der Waals surface area contributed by atoms with Crippen LogP contribution in [0.5, 0.6) is 0 Å². The van der Waals surface area contributed by atoms with E-state index in [1.807, 2.05) is 0 Å². The summed E-state index contributed by atoms with van der Waals surface area (Å²) >= 11 is 7.88. The van der Waals surface area contributed by atoms with E-state index < -0.39 is 4.50 Å². The summed E-state index contributed by atoms with van der Waals surface area (Å²) in [5.74, 6) is 0. The van der Waals surface area contributed by atoms with Gasteiger partial charge < -0.3 is 0 Å². The number of aliphatic hydroxyl groups is 1. The Morgan fingerprint density at radius 2 is 1.82 bits per heavy atom. The molecule has 11 heavy (non-hydrogen) atoms. The first-order chi connectivity index (χ1) is 5.00. The van der Waals surface area contributed by atoms with Crippen LogP contribution in [-0.4, -0.2) is 21.1 Å². The summed E-state index contributed by atoms with van der Waals surface area (Å²) in [6.45, 7) is 1.72. The Hall–Kier alpha value is -0.0105. The Morgan fingerprint density at radius 1 is 1.36 bits per heavy atom. The van der Waals surface area contributed by atoms with Gasteiger partial charge in [0.1, 0.15) is 0 Å². The van der Waals surface area contributed by atoms with Crippen molar-refractivity contribution < 1.29 is 5.11 Å². The molecule has 3 heteroatoms. The van der Waals surface area contributed by atoms with Crippen molar-refractivity contribution in [3.8, 4) is 0 Å². The van der Waals surface area contributed by atoms with Crippen LogP contribution in [0.15, 0.2) is 24.3 Å². The molecule has 1 atom stereocenters. The zero-order valence-electron chi connectivity index (χ0n) is 6.08. The van der Waals surface area contributed by atoms with Crippen molar-refractivity contribution in [3.05, 3.63) is 34.9 Å². The third-order valence-corrected chi connectivity index (χ3v) is 2.18. The Balaban J connectivity index is 2.99. The summed E-state index contributed by atoms with van der Waals surface area (Å²) in [5.41, 5.74) is 0.849. The van der Waals surface area contributed by atoms with Crippen molar-refractivity contribution in [2.24, 2.45) is 0 Å². The molecule has 0 bridgehead atoms. The predicted octanol–water partition coefficient (Wildman–Crippen LogP) is 1.41. The summed E-state index contributed by atoms with van der Waals surface area (Å²) < 4.78 is -0.836. The Morgan fingerprint density at radius 3 is 2.18 bits per heavy atom. The van der Waals surface area contributed by atoms with Crippen LogP contribution in [0.4, 0.5) is 0 Å². The third kappa shape index (κ3) is 2.49. The summed E-state index contributed by atoms with van der Waals surface area (Å²) in [4.78, 5) is 0. The molecule has 0 saturated carbocycles. The van der Waals surface area contributed by atoms with Crippen molar-refractivity contribution in [3.63, 3.8) is 0 Å². The van der Waals surface area contributed by atoms with Crippen LogP contribution in [0.3, 0.4) is 0 Å². The van der Waals surface area contributed by atoms with Crippen LogP contribution in [0.25, 0.3) is 0 Å². The molecule has 1 aromatic carbocycles. The van der Waals surface area contributed by atoms with Crippen molar-refractivity contribution in [2.45, 2.75) is 11.4 Å². The molecule has 1 aromatic rings. The van der Waals surface area contributed by atoms with Gasteiger partial charge in [-0.1, -0.05) is 0 Å². The average molecular weight is 236 g/mol. The Bertz CT molecular complexity index is 237. The topological polar surface area (TPSA) is 20.2 Å². The first-order valence-electron chi connectivity index (χ1n) is 3.21. The van der Waals surface area contributed by atoms with Crippen LogP contribution in [0.1, 0.15) is 12.5 Å². The van der Waals surface area contributed by atoms with Gasteiger partial charge in [-0.3, -0.25) is 0 Å². The van der Waals surface area contributed by atoms with Gasteiger partial charge in [-0.2, -0.15) is 0 Å². The summed E-state index contributed by atoms with van der Waals surface area (Å²) in [6.07, 6.45) is 0. The molecule has 0 saturated heterocycles. The van der Waals surface area contributed by atoms with Gasteiger partial charge in [-0.25, -0.2) is 0 Å². The molecule has 1 unspecified atom stereocenters. The van der Waals surface area contributed by atoms with Gasteiger partial charge in [0, 0.05) is 0 Å². The number of hydrogen-bond acceptors (Lipinski definition) is 1. The molecule has 1 rings (SSSR count). The number of benzene rings is 1. The average Bonchev–Trinajstić information content (AvgIpc) is 1.86. The van der Waals surface area contributed by atoms with Crippen LogP contribution < -0.4 is 0 Å². The fourth-order valence-electron chi connectivity index (χ4n) is 0.766. The summed E-state index contributed by atoms with van der Waals surface area (Å²) in [6, 6.07) is 7.14. The second kappa shape index (κ2) is 3.16. The van der Waals surface area contributed by atoms with E-state index >= 15 is 0 Å². The summed E-state index contributed by atoms with van der Waals surface area (Å²) in [5, 5.41) is 10.2. The van der Waals surface area contributed by atoms with Crippen molar-refractivity contribution in [1.82, 2.24) is 0 Å². The normalized spacial score (nSPS) is 16.0. The molecule has 0 amide bonds. The van der Waals surface area contributed by atoms with E-state index in [4.69, 9.17) is 11.6 Å². The maximum atomic E-state index is 9.51. The minimum atomic E-state index is -0.836. The molecule has 0 heterocycles. The minimum absolute atomic E-state index is 0.686. The van der Waals surface area contributed by atoms with E-state index in [1.54, 1.807) is 31.2 Å². The van der Waals surface area contributed by atoms with Gasteiger partial charge in [0.2, 0.25) is 0 Å². The molecular formula is C8H9ClOSe. The number of rotatable bonds is 1. The molecule has 60 valence electrons. The maximum absolute atomic E-state index is 9.51. The first kappa shape index (κ1) is 9.08. The van der Waals surface area contributed by atoms with E-state index in [0.29, 0.717) is 5.02 Å². The van der Waals surface area contributed by atoms with E-state index in [9.17, 15) is 5.11 Å². The quantitative estimate of drug-likeness (QED) is 0.730. The molecule has 0 spiro atoms. The second-order valence-corrected chi connectivity index (χ2v) is 4.79. The van der Waals surface area contributed by atoms with Gasteiger partial charge in [-0.05, 0) is 0 Å². The Labute approximate surface area is 79.2 Å². The van der Waals surface area contributed by atoms with Crippen LogP contribution in [0.2, 0.25) is 5.02 Å². The van der Waals surface area contributed by atoms with Gasteiger partial charge in [0.05, 0.1) is 0 Å². The van der Waals surface area contributed by atoms with Gasteiger partial charge in [0.25, 0.3) is 0 Å². The monoisotopic (exact) mass is 236 g/mol. The van der Waals surface area contributed by atoms with E-state index in [2.05, 4.69) is 16.0 Å². The molecule has 0 aliphatic rings. The fraction of sp³-hybridized carbons (Fsp3) is 0.250. The van der Waals surface area contributed by atoms with Crippen LogP contribution in [-0.2, 0) is 4.50 Å². The van der Waals surface area contributed by atoms with Crippen molar-refractivity contribution in [2.75, 3.05) is 0 Å². The van der Waals surface area contributed by atoms with Crippen LogP contribution >= 0.6 is 11.6 Å². The van der Waals surface area contributed by atoms with Crippen molar-refractivity contribution >= 4 is 27.6 Å². The van der Waals surface area contributed by atoms with E-state index in [1.165, 1.54) is 0 Å². The van der Waals surface area contributed by atoms with Gasteiger partial charge in [-0.15, -0.1) is 0 Å². The van der Waals surface area contributed by atoms with E-state index in [-0.39, 0.29) is 0 Å². The molecule has 0 aliphatic carbocycles. The molecule has 0 aromatic heterocycles. The first-order valence-corrected chi connectivity index (χ1v) is 4.52. The van der Waals surface area contributed by atoms with Crippen LogP contribution in [0, 0.1) is 0 Å². The van der Waals surface area contributed by atoms with Gasteiger partial charge >= 0.3 is 79.0 Å². The molecule has 0 radical (unpaired) electrons.